The van der Waals surface area contributed by atoms with E-state index in [1.807, 2.05) is 13.8 Å². The highest BCUT2D eigenvalue weighted by Gasteiger charge is 2.24. The number of carbonyl (C=O) groups is 2. The first-order valence-corrected chi connectivity index (χ1v) is 6.24. The molecule has 100 valence electrons. The zero-order valence-electron chi connectivity index (χ0n) is 10.5. The van der Waals surface area contributed by atoms with Crippen LogP contribution in [0.1, 0.15) is 28.5 Å². The monoisotopic (exact) mass is 272 g/mol. The summed E-state index contributed by atoms with van der Waals surface area (Å²) >= 11 is 1.47. The van der Waals surface area contributed by atoms with Crippen molar-refractivity contribution in [3.8, 4) is 0 Å². The molecule has 0 spiro atoms. The fourth-order valence-corrected chi connectivity index (χ4v) is 2.79. The second kappa shape index (κ2) is 5.92. The van der Waals surface area contributed by atoms with Crippen LogP contribution in [0, 0.1) is 13.8 Å². The molecule has 1 aromatic rings. The van der Waals surface area contributed by atoms with Crippen molar-refractivity contribution >= 4 is 23.3 Å². The molecule has 0 aliphatic carbocycles. The summed E-state index contributed by atoms with van der Waals surface area (Å²) in [6.07, 6.45) is 0. The van der Waals surface area contributed by atoms with Crippen LogP contribution in [0.4, 0.5) is 0 Å². The topological polar surface area (TPSA) is 90.7 Å². The lowest BCUT2D eigenvalue weighted by molar-refractivity contribution is -0.142. The molecule has 0 amide bonds. The van der Waals surface area contributed by atoms with E-state index >= 15 is 0 Å². The summed E-state index contributed by atoms with van der Waals surface area (Å²) in [5.74, 6) is -2.08. The first kappa shape index (κ1) is 14.6. The van der Waals surface area contributed by atoms with E-state index in [1.54, 1.807) is 6.92 Å². The van der Waals surface area contributed by atoms with Crippen molar-refractivity contribution in [1.82, 2.24) is 9.88 Å². The van der Waals surface area contributed by atoms with Gasteiger partial charge < -0.3 is 10.2 Å². The Morgan fingerprint density at radius 1 is 1.28 bits per heavy atom. The lowest BCUT2D eigenvalue weighted by Gasteiger charge is -2.25. The standard InChI is InChI=1S/C11H16N2O4S/c1-6-11(18-8(3)12-6)7(2)13(4-9(14)15)5-10(16)17/h7H,4-5H2,1-3H3,(H,14,15)(H,16,17). The third-order valence-corrected chi connectivity index (χ3v) is 3.79. The SMILES string of the molecule is Cc1nc(C)c(C(C)N(CC(=O)O)CC(=O)O)s1. The molecule has 18 heavy (non-hydrogen) atoms. The summed E-state index contributed by atoms with van der Waals surface area (Å²) in [6, 6.07) is -0.275. The number of carboxylic acids is 2. The van der Waals surface area contributed by atoms with Crippen LogP contribution in [0.15, 0.2) is 0 Å². The maximum absolute atomic E-state index is 10.8. The molecular formula is C11H16N2O4S. The van der Waals surface area contributed by atoms with Crippen LogP contribution in [0.3, 0.4) is 0 Å². The summed E-state index contributed by atoms with van der Waals surface area (Å²) in [5.41, 5.74) is 0.825. The van der Waals surface area contributed by atoms with Crippen LogP contribution in [0.25, 0.3) is 0 Å². The van der Waals surface area contributed by atoms with E-state index in [-0.39, 0.29) is 19.1 Å². The van der Waals surface area contributed by atoms with Gasteiger partial charge in [0.1, 0.15) is 0 Å². The molecule has 7 heteroatoms. The van der Waals surface area contributed by atoms with E-state index in [0.29, 0.717) is 0 Å². The number of nitrogens with zero attached hydrogens (tertiary/aromatic N) is 2. The van der Waals surface area contributed by atoms with Gasteiger partial charge >= 0.3 is 11.9 Å². The molecule has 0 saturated carbocycles. The van der Waals surface area contributed by atoms with Gasteiger partial charge in [-0.25, -0.2) is 4.98 Å². The Balaban J connectivity index is 2.93. The lowest BCUT2D eigenvalue weighted by Crippen LogP contribution is -2.36. The third-order valence-electron chi connectivity index (χ3n) is 2.54. The molecule has 0 saturated heterocycles. The van der Waals surface area contributed by atoms with Crippen LogP contribution in [-0.4, -0.2) is 45.1 Å². The van der Waals surface area contributed by atoms with E-state index in [9.17, 15) is 9.59 Å². The van der Waals surface area contributed by atoms with Crippen molar-refractivity contribution in [1.29, 1.82) is 0 Å². The molecule has 0 aliphatic rings. The predicted molar refractivity (Wildman–Crippen MR) is 66.8 cm³/mol. The van der Waals surface area contributed by atoms with Crippen molar-refractivity contribution in [3.05, 3.63) is 15.6 Å². The first-order valence-electron chi connectivity index (χ1n) is 5.42. The van der Waals surface area contributed by atoms with Crippen molar-refractivity contribution < 1.29 is 19.8 Å². The molecule has 1 heterocycles. The molecule has 1 aromatic heterocycles. The lowest BCUT2D eigenvalue weighted by atomic mass is 10.2. The number of thiazole rings is 1. The minimum absolute atomic E-state index is 0.275. The smallest absolute Gasteiger partial charge is 0.317 e. The summed E-state index contributed by atoms with van der Waals surface area (Å²) in [6.45, 7) is 4.90. The molecule has 0 radical (unpaired) electrons. The minimum atomic E-state index is -1.04. The highest BCUT2D eigenvalue weighted by Crippen LogP contribution is 2.28. The third kappa shape index (κ3) is 3.78. The van der Waals surface area contributed by atoms with Crippen molar-refractivity contribution in [3.63, 3.8) is 0 Å². The van der Waals surface area contributed by atoms with Gasteiger partial charge in [0.05, 0.1) is 23.8 Å². The number of aromatic nitrogens is 1. The van der Waals surface area contributed by atoms with Crippen molar-refractivity contribution in [2.75, 3.05) is 13.1 Å². The number of hydrogen-bond acceptors (Lipinski definition) is 5. The molecule has 0 aliphatic heterocycles. The number of hydrogen-bond donors (Lipinski definition) is 2. The molecule has 0 fully saturated rings. The van der Waals surface area contributed by atoms with Gasteiger partial charge in [0.15, 0.2) is 0 Å². The van der Waals surface area contributed by atoms with Crippen LogP contribution in [0.5, 0.6) is 0 Å². The van der Waals surface area contributed by atoms with E-state index in [4.69, 9.17) is 10.2 Å². The molecule has 6 nitrogen and oxygen atoms in total. The fourth-order valence-electron chi connectivity index (χ4n) is 1.78. The van der Waals surface area contributed by atoms with Gasteiger partial charge in [-0.2, -0.15) is 0 Å². The predicted octanol–water partition coefficient (Wildman–Crippen LogP) is 1.29. The van der Waals surface area contributed by atoms with E-state index in [2.05, 4.69) is 4.98 Å². The van der Waals surface area contributed by atoms with E-state index < -0.39 is 11.9 Å². The van der Waals surface area contributed by atoms with Crippen LogP contribution in [0.2, 0.25) is 0 Å². The Kier molecular flexibility index (Phi) is 4.80. The quantitative estimate of drug-likeness (QED) is 0.811. The molecule has 0 bridgehead atoms. The molecule has 1 rings (SSSR count). The maximum atomic E-state index is 10.8. The summed E-state index contributed by atoms with van der Waals surface area (Å²) in [4.78, 5) is 28.1. The van der Waals surface area contributed by atoms with E-state index in [0.717, 1.165) is 15.6 Å². The summed E-state index contributed by atoms with van der Waals surface area (Å²) in [5, 5.41) is 18.5. The largest absolute Gasteiger partial charge is 0.480 e. The Morgan fingerprint density at radius 2 is 1.78 bits per heavy atom. The molecule has 2 N–H and O–H groups in total. The Morgan fingerprint density at radius 3 is 2.11 bits per heavy atom. The molecule has 0 aromatic carbocycles. The van der Waals surface area contributed by atoms with Gasteiger partial charge in [-0.15, -0.1) is 11.3 Å². The normalized spacial score (nSPS) is 12.7. The zero-order chi connectivity index (χ0) is 13.9. The van der Waals surface area contributed by atoms with Gasteiger partial charge in [-0.05, 0) is 20.8 Å². The van der Waals surface area contributed by atoms with Gasteiger partial charge in [0.25, 0.3) is 0 Å². The fraction of sp³-hybridized carbons (Fsp3) is 0.545. The summed E-state index contributed by atoms with van der Waals surface area (Å²) in [7, 11) is 0. The average Bonchev–Trinajstić information content (AvgIpc) is 2.54. The average molecular weight is 272 g/mol. The van der Waals surface area contributed by atoms with Crippen molar-refractivity contribution in [2.24, 2.45) is 0 Å². The highest BCUT2D eigenvalue weighted by molar-refractivity contribution is 7.11. The summed E-state index contributed by atoms with van der Waals surface area (Å²) < 4.78 is 0. The van der Waals surface area contributed by atoms with Gasteiger partial charge in [0.2, 0.25) is 0 Å². The number of carboxylic acid groups (broad SMARTS) is 2. The van der Waals surface area contributed by atoms with Crippen molar-refractivity contribution in [2.45, 2.75) is 26.8 Å². The molecule has 1 atom stereocenters. The zero-order valence-corrected chi connectivity index (χ0v) is 11.3. The Labute approximate surface area is 109 Å². The van der Waals surface area contributed by atoms with E-state index in [1.165, 1.54) is 16.2 Å². The van der Waals surface area contributed by atoms with Gasteiger partial charge in [-0.3, -0.25) is 14.5 Å². The Bertz CT molecular complexity index is 442. The van der Waals surface area contributed by atoms with Crippen LogP contribution < -0.4 is 0 Å². The molecule has 1 unspecified atom stereocenters. The first-order chi connectivity index (χ1) is 8.31. The maximum Gasteiger partial charge on any atom is 0.317 e. The van der Waals surface area contributed by atoms with Crippen LogP contribution >= 0.6 is 11.3 Å². The number of aliphatic carboxylic acids is 2. The van der Waals surface area contributed by atoms with Gasteiger partial charge in [-0.1, -0.05) is 0 Å². The number of rotatable bonds is 6. The van der Waals surface area contributed by atoms with Gasteiger partial charge in [0, 0.05) is 10.9 Å². The van der Waals surface area contributed by atoms with Crippen LogP contribution in [-0.2, 0) is 9.59 Å². The highest BCUT2D eigenvalue weighted by atomic mass is 32.1. The Hall–Kier alpha value is -1.47. The second-order valence-corrected chi connectivity index (χ2v) is 5.29. The number of aryl methyl sites for hydroxylation is 2. The minimum Gasteiger partial charge on any atom is -0.480 e. The second-order valence-electron chi connectivity index (χ2n) is 4.05. The molecular weight excluding hydrogens is 256 g/mol.